The molecule has 0 aromatic heterocycles. The van der Waals surface area contributed by atoms with Crippen molar-refractivity contribution in [3.8, 4) is 5.75 Å². The van der Waals surface area contributed by atoms with Gasteiger partial charge in [-0.25, -0.2) is 4.79 Å². The Morgan fingerprint density at radius 3 is 2.59 bits per heavy atom. The van der Waals surface area contributed by atoms with Gasteiger partial charge in [-0.05, 0) is 36.6 Å². The molecule has 0 heterocycles. The maximum Gasteiger partial charge on any atom is 0.341 e. The smallest absolute Gasteiger partial charge is 0.341 e. The number of carbonyl (C=O) groups is 2. The summed E-state index contributed by atoms with van der Waals surface area (Å²) in [6, 6.07) is 3.51. The Morgan fingerprint density at radius 1 is 1.35 bits per heavy atom. The van der Waals surface area contributed by atoms with Gasteiger partial charge in [0.2, 0.25) is 0 Å². The van der Waals surface area contributed by atoms with E-state index in [2.05, 4.69) is 4.74 Å². The van der Waals surface area contributed by atoms with Crippen molar-refractivity contribution in [3.63, 3.8) is 0 Å². The van der Waals surface area contributed by atoms with E-state index in [9.17, 15) is 9.59 Å². The van der Waals surface area contributed by atoms with Crippen molar-refractivity contribution in [3.05, 3.63) is 28.8 Å². The molecular formula is C13H16O4. The molecule has 0 unspecified atom stereocenters. The number of rotatable bonds is 5. The lowest BCUT2D eigenvalue weighted by molar-refractivity contribution is -0.107. The van der Waals surface area contributed by atoms with E-state index < -0.39 is 5.97 Å². The van der Waals surface area contributed by atoms with Crippen LogP contribution in [0, 0.1) is 6.92 Å². The minimum atomic E-state index is -0.436. The zero-order valence-corrected chi connectivity index (χ0v) is 10.3. The van der Waals surface area contributed by atoms with Gasteiger partial charge < -0.3 is 14.3 Å². The Labute approximate surface area is 101 Å². The maximum absolute atomic E-state index is 11.6. The van der Waals surface area contributed by atoms with Crippen molar-refractivity contribution in [2.75, 3.05) is 14.2 Å². The third-order valence-corrected chi connectivity index (χ3v) is 2.59. The van der Waals surface area contributed by atoms with Crippen molar-refractivity contribution >= 4 is 12.3 Å². The van der Waals surface area contributed by atoms with E-state index >= 15 is 0 Å². The van der Waals surface area contributed by atoms with Crippen molar-refractivity contribution < 1.29 is 19.1 Å². The standard InChI is InChI=1S/C13H16O4/c1-9-7-12(16-2)11(13(15)17-3)8-10(9)5-4-6-14/h6-8H,4-5H2,1-3H3. The van der Waals surface area contributed by atoms with Gasteiger partial charge in [-0.1, -0.05) is 0 Å². The Hall–Kier alpha value is -1.84. The second-order valence-corrected chi connectivity index (χ2v) is 3.68. The van der Waals surface area contributed by atoms with Gasteiger partial charge >= 0.3 is 5.97 Å². The summed E-state index contributed by atoms with van der Waals surface area (Å²) in [5.41, 5.74) is 2.34. The van der Waals surface area contributed by atoms with Crippen LogP contribution in [-0.4, -0.2) is 26.5 Å². The van der Waals surface area contributed by atoms with Crippen LogP contribution < -0.4 is 4.74 Å². The zero-order valence-electron chi connectivity index (χ0n) is 10.3. The molecule has 0 saturated carbocycles. The van der Waals surface area contributed by atoms with Gasteiger partial charge in [0, 0.05) is 6.42 Å². The first-order valence-corrected chi connectivity index (χ1v) is 5.33. The quantitative estimate of drug-likeness (QED) is 0.579. The summed E-state index contributed by atoms with van der Waals surface area (Å²) < 4.78 is 9.83. The number of benzene rings is 1. The highest BCUT2D eigenvalue weighted by molar-refractivity contribution is 5.92. The largest absolute Gasteiger partial charge is 0.496 e. The first-order valence-electron chi connectivity index (χ1n) is 5.33. The molecule has 0 N–H and O–H groups in total. The van der Waals surface area contributed by atoms with Crippen LogP contribution in [0.1, 0.15) is 27.9 Å². The third-order valence-electron chi connectivity index (χ3n) is 2.59. The summed E-state index contributed by atoms with van der Waals surface area (Å²) in [5, 5.41) is 0. The molecule has 0 aliphatic rings. The van der Waals surface area contributed by atoms with Crippen LogP contribution in [-0.2, 0) is 16.0 Å². The first kappa shape index (κ1) is 13.2. The molecule has 0 atom stereocenters. The molecule has 1 rings (SSSR count). The highest BCUT2D eigenvalue weighted by Gasteiger charge is 2.15. The van der Waals surface area contributed by atoms with Crippen molar-refractivity contribution in [1.29, 1.82) is 0 Å². The average molecular weight is 236 g/mol. The minimum Gasteiger partial charge on any atom is -0.496 e. The van der Waals surface area contributed by atoms with Gasteiger partial charge in [0.25, 0.3) is 0 Å². The number of ether oxygens (including phenoxy) is 2. The third kappa shape index (κ3) is 3.06. The first-order chi connectivity index (χ1) is 8.13. The molecular weight excluding hydrogens is 220 g/mol. The van der Waals surface area contributed by atoms with Gasteiger partial charge in [0.15, 0.2) is 0 Å². The summed E-state index contributed by atoms with van der Waals surface area (Å²) in [7, 11) is 2.83. The lowest BCUT2D eigenvalue weighted by Crippen LogP contribution is -2.06. The highest BCUT2D eigenvalue weighted by Crippen LogP contribution is 2.24. The van der Waals surface area contributed by atoms with Crippen LogP contribution in [0.15, 0.2) is 12.1 Å². The number of hydrogen-bond donors (Lipinski definition) is 0. The molecule has 0 amide bonds. The van der Waals surface area contributed by atoms with E-state index in [-0.39, 0.29) is 0 Å². The van der Waals surface area contributed by atoms with Crippen LogP contribution >= 0.6 is 0 Å². The van der Waals surface area contributed by atoms with Gasteiger partial charge in [-0.15, -0.1) is 0 Å². The second kappa shape index (κ2) is 6.03. The van der Waals surface area contributed by atoms with Gasteiger partial charge in [-0.3, -0.25) is 0 Å². The molecule has 0 fully saturated rings. The Morgan fingerprint density at radius 2 is 2.06 bits per heavy atom. The summed E-state index contributed by atoms with van der Waals surface area (Å²) in [4.78, 5) is 21.9. The van der Waals surface area contributed by atoms with Gasteiger partial charge in [0.1, 0.15) is 17.6 Å². The lowest BCUT2D eigenvalue weighted by Gasteiger charge is -2.11. The topological polar surface area (TPSA) is 52.6 Å². The van der Waals surface area contributed by atoms with Gasteiger partial charge in [-0.2, -0.15) is 0 Å². The van der Waals surface area contributed by atoms with Crippen LogP contribution in [0.3, 0.4) is 0 Å². The second-order valence-electron chi connectivity index (χ2n) is 3.68. The SMILES string of the molecule is COC(=O)c1cc(CCC=O)c(C)cc1OC. The normalized spacial score (nSPS) is 9.82. The summed E-state index contributed by atoms with van der Waals surface area (Å²) >= 11 is 0. The van der Waals surface area contributed by atoms with E-state index in [1.807, 2.05) is 6.92 Å². The maximum atomic E-state index is 11.6. The Bertz CT molecular complexity index is 424. The number of aryl methyl sites for hydroxylation is 2. The molecule has 1 aromatic carbocycles. The number of esters is 1. The minimum absolute atomic E-state index is 0.390. The number of carbonyl (C=O) groups excluding carboxylic acids is 2. The molecule has 1 aromatic rings. The van der Waals surface area contributed by atoms with Crippen LogP contribution in [0.25, 0.3) is 0 Å². The van der Waals surface area contributed by atoms with E-state index in [1.54, 1.807) is 12.1 Å². The van der Waals surface area contributed by atoms with Gasteiger partial charge in [0.05, 0.1) is 14.2 Å². The lowest BCUT2D eigenvalue weighted by atomic mass is 10.00. The molecule has 0 spiro atoms. The fourth-order valence-corrected chi connectivity index (χ4v) is 1.65. The van der Waals surface area contributed by atoms with Crippen LogP contribution in [0.4, 0.5) is 0 Å². The van der Waals surface area contributed by atoms with Crippen LogP contribution in [0.5, 0.6) is 5.75 Å². The molecule has 0 bridgehead atoms. The van der Waals surface area contributed by atoms with E-state index in [4.69, 9.17) is 4.74 Å². The van der Waals surface area contributed by atoms with E-state index in [0.29, 0.717) is 24.2 Å². The fraction of sp³-hybridized carbons (Fsp3) is 0.385. The molecule has 0 radical (unpaired) electrons. The molecule has 0 aliphatic carbocycles. The van der Waals surface area contributed by atoms with Crippen molar-refractivity contribution in [2.24, 2.45) is 0 Å². The molecule has 4 nitrogen and oxygen atoms in total. The summed E-state index contributed by atoms with van der Waals surface area (Å²) in [6.45, 7) is 1.92. The van der Waals surface area contributed by atoms with Crippen LogP contribution in [0.2, 0.25) is 0 Å². The number of methoxy groups -OCH3 is 2. The van der Waals surface area contributed by atoms with E-state index in [0.717, 1.165) is 17.4 Å². The zero-order chi connectivity index (χ0) is 12.8. The molecule has 0 aliphatic heterocycles. The highest BCUT2D eigenvalue weighted by atomic mass is 16.5. The Balaban J connectivity index is 3.17. The van der Waals surface area contributed by atoms with E-state index in [1.165, 1.54) is 14.2 Å². The Kier molecular flexibility index (Phi) is 4.69. The summed E-state index contributed by atoms with van der Waals surface area (Å²) in [5.74, 6) is 0.0541. The number of hydrogen-bond acceptors (Lipinski definition) is 4. The monoisotopic (exact) mass is 236 g/mol. The van der Waals surface area contributed by atoms with Crippen molar-refractivity contribution in [1.82, 2.24) is 0 Å². The van der Waals surface area contributed by atoms with Crippen molar-refractivity contribution in [2.45, 2.75) is 19.8 Å². The predicted octanol–water partition coefficient (Wildman–Crippen LogP) is 1.92. The molecule has 92 valence electrons. The predicted molar refractivity (Wildman–Crippen MR) is 63.5 cm³/mol. The average Bonchev–Trinajstić information content (AvgIpc) is 2.35. The fourth-order valence-electron chi connectivity index (χ4n) is 1.65. The summed E-state index contributed by atoms with van der Waals surface area (Å²) in [6.07, 6.45) is 1.92. The molecule has 17 heavy (non-hydrogen) atoms. The number of aldehydes is 1. The molecule has 4 heteroatoms. The molecule has 0 saturated heterocycles.